The van der Waals surface area contributed by atoms with Crippen molar-refractivity contribution in [3.63, 3.8) is 0 Å². The minimum Gasteiger partial charge on any atom is -0.457 e. The second kappa shape index (κ2) is 11.5. The first-order valence-corrected chi connectivity index (χ1v) is 12.9. The molecule has 0 fully saturated rings. The Bertz CT molecular complexity index is 1540. The Balaban J connectivity index is 1.19. The van der Waals surface area contributed by atoms with E-state index in [-0.39, 0.29) is 5.91 Å². The van der Waals surface area contributed by atoms with E-state index in [1.807, 2.05) is 72.8 Å². The summed E-state index contributed by atoms with van der Waals surface area (Å²) in [5, 5.41) is 11.4. The van der Waals surface area contributed by atoms with E-state index in [2.05, 4.69) is 31.7 Å². The van der Waals surface area contributed by atoms with Gasteiger partial charge in [0, 0.05) is 35.3 Å². The van der Waals surface area contributed by atoms with Crippen LogP contribution in [0.2, 0.25) is 5.02 Å². The van der Waals surface area contributed by atoms with Crippen LogP contribution in [0.15, 0.2) is 95.6 Å². The number of rotatable bonds is 9. The number of hydrogen-bond acceptors (Lipinski definition) is 5. The minimum absolute atomic E-state index is 0.151. The van der Waals surface area contributed by atoms with Gasteiger partial charge in [0.05, 0.1) is 16.4 Å². The number of para-hydroxylation sites is 1. The predicted octanol–water partition coefficient (Wildman–Crippen LogP) is 6.84. The molecule has 0 aliphatic rings. The number of nitrogens with zero attached hydrogens (tertiary/aromatic N) is 3. The van der Waals surface area contributed by atoms with Crippen LogP contribution in [0.1, 0.15) is 16.8 Å². The molecule has 0 saturated heterocycles. The maximum atomic E-state index is 12.7. The molecule has 0 radical (unpaired) electrons. The van der Waals surface area contributed by atoms with E-state index in [0.29, 0.717) is 41.5 Å². The van der Waals surface area contributed by atoms with Gasteiger partial charge in [-0.1, -0.05) is 54.1 Å². The third-order valence-electron chi connectivity index (χ3n) is 5.60. The molecular weight excluding hydrogens is 554 g/mol. The molecule has 9 heteroatoms. The van der Waals surface area contributed by atoms with E-state index in [0.717, 1.165) is 27.3 Å². The van der Waals surface area contributed by atoms with E-state index in [4.69, 9.17) is 21.3 Å². The van der Waals surface area contributed by atoms with Crippen LogP contribution in [-0.4, -0.2) is 33.6 Å². The van der Waals surface area contributed by atoms with Crippen molar-refractivity contribution in [3.05, 3.63) is 106 Å². The van der Waals surface area contributed by atoms with Crippen molar-refractivity contribution in [3.8, 4) is 22.8 Å². The number of amides is 1. The van der Waals surface area contributed by atoms with Crippen LogP contribution in [0.4, 0.5) is 5.82 Å². The molecule has 0 aliphatic heterocycles. The van der Waals surface area contributed by atoms with E-state index >= 15 is 0 Å². The number of nitrogens with one attached hydrogen (secondary N) is 2. The Hall–Kier alpha value is -3.88. The zero-order valence-electron chi connectivity index (χ0n) is 19.7. The minimum atomic E-state index is -0.151. The fourth-order valence-corrected chi connectivity index (χ4v) is 4.38. The predicted molar refractivity (Wildman–Crippen MR) is 150 cm³/mol. The normalized spacial score (nSPS) is 10.9. The van der Waals surface area contributed by atoms with E-state index < -0.39 is 0 Å². The first kappa shape index (κ1) is 24.8. The Morgan fingerprint density at radius 1 is 0.946 bits per heavy atom. The van der Waals surface area contributed by atoms with Gasteiger partial charge in [-0.05, 0) is 58.7 Å². The quantitative estimate of drug-likeness (QED) is 0.188. The molecular formula is C28H23BrClN5O2. The molecule has 5 rings (SSSR count). The summed E-state index contributed by atoms with van der Waals surface area (Å²) in [6.07, 6.45) is 2.42. The van der Waals surface area contributed by atoms with Crippen LogP contribution >= 0.6 is 27.5 Å². The first-order valence-electron chi connectivity index (χ1n) is 11.7. The molecule has 0 saturated carbocycles. The molecule has 37 heavy (non-hydrogen) atoms. The SMILES string of the molecule is O=C(NCCCNc1cc(-c2ccccc2Cl)nc2c(Br)cnn12)c1cccc(Oc2ccccc2)c1. The molecule has 1 amide bonds. The van der Waals surface area contributed by atoms with Crippen molar-refractivity contribution in [2.24, 2.45) is 0 Å². The number of aromatic nitrogens is 3. The Morgan fingerprint density at radius 3 is 2.57 bits per heavy atom. The average molecular weight is 577 g/mol. The molecule has 2 heterocycles. The van der Waals surface area contributed by atoms with Gasteiger partial charge in [-0.15, -0.1) is 0 Å². The second-order valence-electron chi connectivity index (χ2n) is 8.21. The number of anilines is 1. The summed E-state index contributed by atoms with van der Waals surface area (Å²) in [5.74, 6) is 1.96. The van der Waals surface area contributed by atoms with Gasteiger partial charge >= 0.3 is 0 Å². The van der Waals surface area contributed by atoms with Gasteiger partial charge in [0.2, 0.25) is 0 Å². The van der Waals surface area contributed by atoms with Crippen molar-refractivity contribution in [2.75, 3.05) is 18.4 Å². The van der Waals surface area contributed by atoms with Crippen molar-refractivity contribution in [1.29, 1.82) is 0 Å². The fraction of sp³-hybridized carbons (Fsp3) is 0.107. The number of ether oxygens (including phenoxy) is 1. The van der Waals surface area contributed by atoms with Gasteiger partial charge in [-0.3, -0.25) is 4.79 Å². The standard InChI is InChI=1S/C28H23BrClN5O2/c29-23-18-33-35-26(17-25(34-27(23)35)22-12-4-5-13-24(22)30)31-14-7-15-32-28(36)19-8-6-11-21(16-19)37-20-9-2-1-3-10-20/h1-6,8-13,16-18,31H,7,14-15H2,(H,32,36). The molecule has 0 spiro atoms. The third kappa shape index (κ3) is 5.93. The fourth-order valence-electron chi connectivity index (χ4n) is 3.80. The number of benzene rings is 3. The number of carbonyl (C=O) groups excluding carboxylic acids is 1. The highest BCUT2D eigenvalue weighted by molar-refractivity contribution is 9.10. The molecule has 0 atom stereocenters. The van der Waals surface area contributed by atoms with Crippen LogP contribution in [0.25, 0.3) is 16.9 Å². The van der Waals surface area contributed by atoms with Gasteiger partial charge < -0.3 is 15.4 Å². The van der Waals surface area contributed by atoms with Crippen LogP contribution in [-0.2, 0) is 0 Å². The smallest absolute Gasteiger partial charge is 0.251 e. The van der Waals surface area contributed by atoms with E-state index in [1.54, 1.807) is 22.8 Å². The lowest BCUT2D eigenvalue weighted by atomic mass is 10.1. The summed E-state index contributed by atoms with van der Waals surface area (Å²) in [6.45, 7) is 1.12. The lowest BCUT2D eigenvalue weighted by molar-refractivity contribution is 0.0953. The molecule has 7 nitrogen and oxygen atoms in total. The summed E-state index contributed by atoms with van der Waals surface area (Å²) in [4.78, 5) is 17.4. The topological polar surface area (TPSA) is 80.5 Å². The summed E-state index contributed by atoms with van der Waals surface area (Å²) in [5.41, 5.74) is 2.81. The van der Waals surface area contributed by atoms with Crippen LogP contribution in [0, 0.1) is 0 Å². The van der Waals surface area contributed by atoms with Crippen LogP contribution in [0.3, 0.4) is 0 Å². The highest BCUT2D eigenvalue weighted by atomic mass is 79.9. The summed E-state index contributed by atoms with van der Waals surface area (Å²) in [6, 6.07) is 26.1. The molecule has 0 unspecified atom stereocenters. The maximum Gasteiger partial charge on any atom is 0.251 e. The summed E-state index contributed by atoms with van der Waals surface area (Å²) in [7, 11) is 0. The zero-order valence-corrected chi connectivity index (χ0v) is 22.0. The monoisotopic (exact) mass is 575 g/mol. The van der Waals surface area contributed by atoms with Crippen LogP contribution in [0.5, 0.6) is 11.5 Å². The molecule has 3 aromatic carbocycles. The van der Waals surface area contributed by atoms with Gasteiger partial charge in [0.1, 0.15) is 17.3 Å². The highest BCUT2D eigenvalue weighted by Crippen LogP contribution is 2.30. The number of hydrogen-bond donors (Lipinski definition) is 2. The molecule has 2 aromatic heterocycles. The highest BCUT2D eigenvalue weighted by Gasteiger charge is 2.13. The van der Waals surface area contributed by atoms with Gasteiger partial charge in [0.25, 0.3) is 5.91 Å². The van der Waals surface area contributed by atoms with Crippen LogP contribution < -0.4 is 15.4 Å². The number of carbonyl (C=O) groups is 1. The van der Waals surface area contributed by atoms with E-state index in [1.165, 1.54) is 0 Å². The molecule has 186 valence electrons. The Morgan fingerprint density at radius 2 is 1.73 bits per heavy atom. The first-order chi connectivity index (χ1) is 18.1. The molecule has 0 aliphatic carbocycles. The summed E-state index contributed by atoms with van der Waals surface area (Å²) >= 11 is 9.93. The van der Waals surface area contributed by atoms with Gasteiger partial charge in [0.15, 0.2) is 5.65 Å². The summed E-state index contributed by atoms with van der Waals surface area (Å²) < 4.78 is 8.36. The molecule has 0 bridgehead atoms. The second-order valence-corrected chi connectivity index (χ2v) is 9.48. The van der Waals surface area contributed by atoms with Gasteiger partial charge in [-0.2, -0.15) is 9.61 Å². The lowest BCUT2D eigenvalue weighted by Crippen LogP contribution is -2.26. The third-order valence-corrected chi connectivity index (χ3v) is 6.49. The Labute approximate surface area is 227 Å². The molecule has 2 N–H and O–H groups in total. The van der Waals surface area contributed by atoms with Crippen molar-refractivity contribution < 1.29 is 9.53 Å². The largest absolute Gasteiger partial charge is 0.457 e. The lowest BCUT2D eigenvalue weighted by Gasteiger charge is -2.12. The zero-order chi connectivity index (χ0) is 25.6. The van der Waals surface area contributed by atoms with Gasteiger partial charge in [-0.25, -0.2) is 4.98 Å². The number of halogens is 2. The maximum absolute atomic E-state index is 12.7. The average Bonchev–Trinajstić information content (AvgIpc) is 3.30. The molecule has 5 aromatic rings. The van der Waals surface area contributed by atoms with Crippen molar-refractivity contribution in [1.82, 2.24) is 19.9 Å². The van der Waals surface area contributed by atoms with Crippen molar-refractivity contribution >= 4 is 44.9 Å². The van der Waals surface area contributed by atoms with Crippen molar-refractivity contribution in [2.45, 2.75) is 6.42 Å². The number of fused-ring (bicyclic) bond motifs is 1. The van der Waals surface area contributed by atoms with E-state index in [9.17, 15) is 4.79 Å². The Kier molecular flexibility index (Phi) is 7.67.